The van der Waals surface area contributed by atoms with E-state index in [1.807, 2.05) is 61.5 Å². The Hall–Kier alpha value is -2.66. The summed E-state index contributed by atoms with van der Waals surface area (Å²) in [6.45, 7) is 4.23. The molecule has 1 saturated heterocycles. The fourth-order valence-electron chi connectivity index (χ4n) is 3.72. The molecule has 0 saturated carbocycles. The highest BCUT2D eigenvalue weighted by Gasteiger charge is 2.25. The first-order valence-electron chi connectivity index (χ1n) is 9.61. The van der Waals surface area contributed by atoms with Gasteiger partial charge in [0.05, 0.1) is 12.6 Å². The minimum Gasteiger partial charge on any atom is -0.440 e. The van der Waals surface area contributed by atoms with Crippen LogP contribution in [0, 0.1) is 0 Å². The van der Waals surface area contributed by atoms with Gasteiger partial charge in [-0.25, -0.2) is 4.98 Å². The summed E-state index contributed by atoms with van der Waals surface area (Å²) in [5.41, 5.74) is 2.90. The molecule has 1 aliphatic rings. The summed E-state index contributed by atoms with van der Waals surface area (Å²) >= 11 is 0. The number of piperidine rings is 1. The normalized spacial score (nSPS) is 17.1. The number of carbonyl (C=O) groups excluding carboxylic acids is 1. The largest absolute Gasteiger partial charge is 0.440 e. The first kappa shape index (κ1) is 17.7. The predicted octanol–water partition coefficient (Wildman–Crippen LogP) is 3.88. The molecule has 0 aliphatic carbocycles. The third kappa shape index (κ3) is 4.19. The molecule has 1 N–H and O–H groups in total. The van der Waals surface area contributed by atoms with Gasteiger partial charge in [-0.1, -0.05) is 42.5 Å². The summed E-state index contributed by atoms with van der Waals surface area (Å²) in [4.78, 5) is 19.2. The molecule has 1 amide bonds. The SMILES string of the molecule is CC(NC(=O)CN1CCC(c2nc3ccccc3o2)CC1)c1ccccc1. The molecule has 2 aromatic carbocycles. The van der Waals surface area contributed by atoms with Gasteiger partial charge in [-0.15, -0.1) is 0 Å². The maximum Gasteiger partial charge on any atom is 0.234 e. The van der Waals surface area contributed by atoms with E-state index in [2.05, 4.69) is 15.2 Å². The summed E-state index contributed by atoms with van der Waals surface area (Å²) in [5, 5.41) is 3.09. The average Bonchev–Trinajstić information content (AvgIpc) is 3.13. The van der Waals surface area contributed by atoms with Crippen LogP contribution in [-0.4, -0.2) is 35.4 Å². The van der Waals surface area contributed by atoms with Gasteiger partial charge in [-0.3, -0.25) is 9.69 Å². The van der Waals surface area contributed by atoms with Crippen LogP contribution in [0.1, 0.15) is 43.2 Å². The Morgan fingerprint density at radius 3 is 2.59 bits per heavy atom. The Morgan fingerprint density at radius 2 is 1.85 bits per heavy atom. The Balaban J connectivity index is 1.28. The highest BCUT2D eigenvalue weighted by Crippen LogP contribution is 2.29. The molecular formula is C22H25N3O2. The molecule has 5 nitrogen and oxygen atoms in total. The summed E-state index contributed by atoms with van der Waals surface area (Å²) in [5.74, 6) is 1.24. The highest BCUT2D eigenvalue weighted by molar-refractivity contribution is 5.78. The summed E-state index contributed by atoms with van der Waals surface area (Å²) < 4.78 is 5.92. The number of oxazole rings is 1. The molecular weight excluding hydrogens is 338 g/mol. The van der Waals surface area contributed by atoms with Gasteiger partial charge in [0.1, 0.15) is 5.52 Å². The van der Waals surface area contributed by atoms with Crippen LogP contribution < -0.4 is 5.32 Å². The zero-order chi connectivity index (χ0) is 18.6. The molecule has 0 bridgehead atoms. The van der Waals surface area contributed by atoms with Crippen molar-refractivity contribution in [3.05, 3.63) is 66.1 Å². The zero-order valence-electron chi connectivity index (χ0n) is 15.6. The molecule has 1 aromatic heterocycles. The van der Waals surface area contributed by atoms with Crippen LogP contribution in [0.25, 0.3) is 11.1 Å². The van der Waals surface area contributed by atoms with E-state index < -0.39 is 0 Å². The van der Waals surface area contributed by atoms with Crippen LogP contribution in [0.3, 0.4) is 0 Å². The lowest BCUT2D eigenvalue weighted by Gasteiger charge is -2.30. The molecule has 5 heteroatoms. The van der Waals surface area contributed by atoms with Gasteiger partial charge in [-0.05, 0) is 50.6 Å². The molecule has 1 unspecified atom stereocenters. The monoisotopic (exact) mass is 363 g/mol. The number of benzene rings is 2. The Kier molecular flexibility index (Phi) is 5.21. The zero-order valence-corrected chi connectivity index (χ0v) is 15.6. The molecule has 27 heavy (non-hydrogen) atoms. The second-order valence-corrected chi connectivity index (χ2v) is 7.27. The van der Waals surface area contributed by atoms with Gasteiger partial charge in [0.2, 0.25) is 5.91 Å². The predicted molar refractivity (Wildman–Crippen MR) is 105 cm³/mol. The van der Waals surface area contributed by atoms with Crippen LogP contribution in [0.4, 0.5) is 0 Å². The van der Waals surface area contributed by atoms with Gasteiger partial charge in [-0.2, -0.15) is 0 Å². The van der Waals surface area contributed by atoms with Crippen molar-refractivity contribution in [3.63, 3.8) is 0 Å². The number of hydrogen-bond donors (Lipinski definition) is 1. The van der Waals surface area contributed by atoms with E-state index >= 15 is 0 Å². The van der Waals surface area contributed by atoms with Gasteiger partial charge in [0.25, 0.3) is 0 Å². The summed E-state index contributed by atoms with van der Waals surface area (Å²) in [6.07, 6.45) is 1.93. The van der Waals surface area contributed by atoms with Gasteiger partial charge in [0.15, 0.2) is 11.5 Å². The summed E-state index contributed by atoms with van der Waals surface area (Å²) in [7, 11) is 0. The van der Waals surface area contributed by atoms with Gasteiger partial charge >= 0.3 is 0 Å². The molecule has 1 fully saturated rings. The van der Waals surface area contributed by atoms with Crippen molar-refractivity contribution in [3.8, 4) is 0 Å². The third-order valence-electron chi connectivity index (χ3n) is 5.29. The van der Waals surface area contributed by atoms with E-state index in [-0.39, 0.29) is 11.9 Å². The van der Waals surface area contributed by atoms with Crippen LogP contribution in [-0.2, 0) is 4.79 Å². The number of likely N-dealkylation sites (tertiary alicyclic amines) is 1. The summed E-state index contributed by atoms with van der Waals surface area (Å²) in [6, 6.07) is 18.0. The van der Waals surface area contributed by atoms with E-state index in [1.165, 1.54) is 0 Å². The average molecular weight is 363 g/mol. The van der Waals surface area contributed by atoms with E-state index in [0.717, 1.165) is 48.5 Å². The van der Waals surface area contributed by atoms with Crippen LogP contribution >= 0.6 is 0 Å². The molecule has 3 aromatic rings. The number of para-hydroxylation sites is 2. The van der Waals surface area contributed by atoms with Crippen molar-refractivity contribution < 1.29 is 9.21 Å². The number of amides is 1. The lowest BCUT2D eigenvalue weighted by atomic mass is 9.97. The topological polar surface area (TPSA) is 58.4 Å². The second-order valence-electron chi connectivity index (χ2n) is 7.27. The lowest BCUT2D eigenvalue weighted by Crippen LogP contribution is -2.41. The van der Waals surface area contributed by atoms with Crippen LogP contribution in [0.15, 0.2) is 59.0 Å². The smallest absolute Gasteiger partial charge is 0.234 e. The van der Waals surface area contributed by atoms with E-state index in [0.29, 0.717) is 12.5 Å². The Morgan fingerprint density at radius 1 is 1.15 bits per heavy atom. The van der Waals surface area contributed by atoms with Crippen LogP contribution in [0.2, 0.25) is 0 Å². The first-order chi connectivity index (χ1) is 13.2. The van der Waals surface area contributed by atoms with Gasteiger partial charge in [0, 0.05) is 5.92 Å². The molecule has 1 atom stereocenters. The molecule has 140 valence electrons. The van der Waals surface area contributed by atoms with Crippen molar-refractivity contribution >= 4 is 17.0 Å². The van der Waals surface area contributed by atoms with Crippen molar-refractivity contribution in [2.45, 2.75) is 31.7 Å². The number of carbonyl (C=O) groups is 1. The molecule has 4 rings (SSSR count). The lowest BCUT2D eigenvalue weighted by molar-refractivity contribution is -0.123. The number of nitrogens with zero attached hydrogens (tertiary/aromatic N) is 2. The standard InChI is InChI=1S/C22H25N3O2/c1-16(17-7-3-2-4-8-17)23-21(26)15-25-13-11-18(12-14-25)22-24-19-9-5-6-10-20(19)27-22/h2-10,16,18H,11-15H2,1H3,(H,23,26). The van der Waals surface area contributed by atoms with Crippen molar-refractivity contribution in [1.82, 2.24) is 15.2 Å². The van der Waals surface area contributed by atoms with Crippen LogP contribution in [0.5, 0.6) is 0 Å². The maximum atomic E-state index is 12.4. The quantitative estimate of drug-likeness (QED) is 0.747. The van der Waals surface area contributed by atoms with E-state index in [4.69, 9.17) is 4.42 Å². The number of fused-ring (bicyclic) bond motifs is 1. The van der Waals surface area contributed by atoms with Crippen molar-refractivity contribution in [1.29, 1.82) is 0 Å². The molecule has 1 aliphatic heterocycles. The molecule has 2 heterocycles. The minimum atomic E-state index is 0.0241. The Labute approximate surface area is 159 Å². The number of rotatable bonds is 5. The number of hydrogen-bond acceptors (Lipinski definition) is 4. The first-order valence-corrected chi connectivity index (χ1v) is 9.61. The molecule has 0 radical (unpaired) electrons. The minimum absolute atomic E-state index is 0.0241. The Bertz CT molecular complexity index is 865. The van der Waals surface area contributed by atoms with E-state index in [1.54, 1.807) is 0 Å². The molecule has 0 spiro atoms. The second kappa shape index (κ2) is 7.92. The van der Waals surface area contributed by atoms with Crippen molar-refractivity contribution in [2.75, 3.05) is 19.6 Å². The fraction of sp³-hybridized carbons (Fsp3) is 0.364. The highest BCUT2D eigenvalue weighted by atomic mass is 16.3. The maximum absolute atomic E-state index is 12.4. The fourth-order valence-corrected chi connectivity index (χ4v) is 3.72. The third-order valence-corrected chi connectivity index (χ3v) is 5.29. The van der Waals surface area contributed by atoms with Gasteiger partial charge < -0.3 is 9.73 Å². The van der Waals surface area contributed by atoms with E-state index in [9.17, 15) is 4.79 Å². The number of aromatic nitrogens is 1. The number of nitrogens with one attached hydrogen (secondary N) is 1. The van der Waals surface area contributed by atoms with Crippen molar-refractivity contribution in [2.24, 2.45) is 0 Å².